The first kappa shape index (κ1) is 24.4. The highest BCUT2D eigenvalue weighted by Crippen LogP contribution is 2.33. The minimum Gasteiger partial charge on any atom is -0.494 e. The number of nitro groups is 1. The average molecular weight is 480 g/mol. The average Bonchev–Trinajstić information content (AvgIpc) is 3.16. The van der Waals surface area contributed by atoms with E-state index in [1.165, 1.54) is 12.1 Å². The Hall–Kier alpha value is -4.21. The van der Waals surface area contributed by atoms with Gasteiger partial charge in [0, 0.05) is 35.1 Å². The standard InChI is InChI=1S/C24H21N5O4.ClH/c25-13-21(30)26-14-15-5-4-8-17(11-15)27-23(16-6-2-1-3-7-16)22-19-12-18(29(32)33)9-10-20(19)28-24(22)31;/h1-12,28,31H,13-14,25H2,(H,26,30);1H. The first-order valence-electron chi connectivity index (χ1n) is 10.2. The van der Waals surface area contributed by atoms with Gasteiger partial charge in [0.05, 0.1) is 28.4 Å². The van der Waals surface area contributed by atoms with Crippen molar-refractivity contribution in [1.82, 2.24) is 10.3 Å². The summed E-state index contributed by atoms with van der Waals surface area (Å²) in [6.45, 7) is 0.201. The molecular formula is C24H22ClN5O4. The molecule has 0 saturated heterocycles. The summed E-state index contributed by atoms with van der Waals surface area (Å²) in [7, 11) is 0. The van der Waals surface area contributed by atoms with Crippen LogP contribution in [0.2, 0.25) is 0 Å². The lowest BCUT2D eigenvalue weighted by molar-refractivity contribution is -0.384. The molecule has 0 aliphatic carbocycles. The van der Waals surface area contributed by atoms with Gasteiger partial charge in [-0.25, -0.2) is 4.99 Å². The Morgan fingerprint density at radius 2 is 1.85 bits per heavy atom. The molecule has 9 nitrogen and oxygen atoms in total. The molecule has 10 heteroatoms. The summed E-state index contributed by atoms with van der Waals surface area (Å²) >= 11 is 0. The number of amides is 1. The molecule has 0 saturated carbocycles. The monoisotopic (exact) mass is 479 g/mol. The number of carbonyl (C=O) groups excluding carboxylic acids is 1. The third kappa shape index (κ3) is 5.22. The second-order valence-electron chi connectivity index (χ2n) is 7.31. The molecule has 0 radical (unpaired) electrons. The number of fused-ring (bicyclic) bond motifs is 1. The molecule has 3 aromatic carbocycles. The van der Waals surface area contributed by atoms with Crippen molar-refractivity contribution in [2.24, 2.45) is 10.7 Å². The number of carbonyl (C=O) groups is 1. The zero-order valence-corrected chi connectivity index (χ0v) is 18.7. The van der Waals surface area contributed by atoms with Crippen molar-refractivity contribution < 1.29 is 14.8 Å². The quantitative estimate of drug-likeness (QED) is 0.180. The van der Waals surface area contributed by atoms with Crippen molar-refractivity contribution in [3.05, 3.63) is 99.6 Å². The number of nitrogens with two attached hydrogens (primary N) is 1. The summed E-state index contributed by atoms with van der Waals surface area (Å²) in [5, 5.41) is 25.3. The molecule has 1 amide bonds. The van der Waals surface area contributed by atoms with E-state index in [1.54, 1.807) is 12.1 Å². The molecule has 174 valence electrons. The third-order valence-electron chi connectivity index (χ3n) is 5.08. The lowest BCUT2D eigenvalue weighted by Gasteiger charge is -2.09. The molecule has 1 heterocycles. The van der Waals surface area contributed by atoms with E-state index >= 15 is 0 Å². The summed E-state index contributed by atoms with van der Waals surface area (Å²) in [6, 6.07) is 20.9. The van der Waals surface area contributed by atoms with Crippen LogP contribution in [-0.4, -0.2) is 33.2 Å². The Morgan fingerprint density at radius 3 is 2.56 bits per heavy atom. The Labute approximate surface area is 200 Å². The second kappa shape index (κ2) is 10.6. The predicted molar refractivity (Wildman–Crippen MR) is 133 cm³/mol. The Morgan fingerprint density at radius 1 is 1.09 bits per heavy atom. The van der Waals surface area contributed by atoms with Crippen LogP contribution >= 0.6 is 12.4 Å². The normalized spacial score (nSPS) is 11.1. The van der Waals surface area contributed by atoms with Gasteiger partial charge in [0.15, 0.2) is 5.88 Å². The van der Waals surface area contributed by atoms with E-state index in [0.29, 0.717) is 34.4 Å². The molecule has 5 N–H and O–H groups in total. The highest BCUT2D eigenvalue weighted by atomic mass is 35.5. The lowest BCUT2D eigenvalue weighted by Crippen LogP contribution is -2.29. The Bertz CT molecular complexity index is 1370. The molecule has 0 aliphatic heterocycles. The second-order valence-corrected chi connectivity index (χ2v) is 7.31. The number of benzene rings is 3. The van der Waals surface area contributed by atoms with Gasteiger partial charge in [-0.2, -0.15) is 0 Å². The van der Waals surface area contributed by atoms with Crippen LogP contribution in [0.25, 0.3) is 10.9 Å². The number of hydrogen-bond donors (Lipinski definition) is 4. The van der Waals surface area contributed by atoms with Gasteiger partial charge in [0.1, 0.15) is 0 Å². The third-order valence-corrected chi connectivity index (χ3v) is 5.08. The number of hydrogen-bond acceptors (Lipinski definition) is 6. The van der Waals surface area contributed by atoms with Gasteiger partial charge in [-0.3, -0.25) is 14.9 Å². The topological polar surface area (TPSA) is 147 Å². The molecule has 0 spiro atoms. The maximum atomic E-state index is 11.5. The SMILES string of the molecule is Cl.NCC(=O)NCc1cccc(N=C(c2ccccc2)c2c(O)[nH]c3ccc([N+](=O)[O-])cc23)c1. The molecule has 4 rings (SSSR count). The number of H-pyrrole nitrogens is 1. The number of rotatable bonds is 7. The summed E-state index contributed by atoms with van der Waals surface area (Å²) in [4.78, 5) is 30.0. The van der Waals surface area contributed by atoms with E-state index in [9.17, 15) is 20.0 Å². The number of non-ortho nitro benzene ring substituents is 1. The maximum absolute atomic E-state index is 11.5. The molecule has 34 heavy (non-hydrogen) atoms. The largest absolute Gasteiger partial charge is 0.494 e. The van der Waals surface area contributed by atoms with Crippen LogP contribution in [0.3, 0.4) is 0 Å². The van der Waals surface area contributed by atoms with Gasteiger partial charge in [-0.1, -0.05) is 42.5 Å². The fraction of sp³-hybridized carbons (Fsp3) is 0.0833. The van der Waals surface area contributed by atoms with Gasteiger partial charge < -0.3 is 21.1 Å². The van der Waals surface area contributed by atoms with Crippen molar-refractivity contribution in [2.75, 3.05) is 6.54 Å². The van der Waals surface area contributed by atoms with Crippen LogP contribution in [0.1, 0.15) is 16.7 Å². The number of aromatic nitrogens is 1. The Balaban J connectivity index is 0.00000324. The summed E-state index contributed by atoms with van der Waals surface area (Å²) in [5.74, 6) is -0.404. The van der Waals surface area contributed by atoms with Crippen LogP contribution in [0.4, 0.5) is 11.4 Å². The highest BCUT2D eigenvalue weighted by Gasteiger charge is 2.20. The number of nitrogens with zero attached hydrogens (tertiary/aromatic N) is 2. The Kier molecular flexibility index (Phi) is 7.62. The van der Waals surface area contributed by atoms with Crippen molar-refractivity contribution in [1.29, 1.82) is 0 Å². The lowest BCUT2D eigenvalue weighted by atomic mass is 10.0. The number of aromatic amines is 1. The van der Waals surface area contributed by atoms with E-state index in [1.807, 2.05) is 48.5 Å². The van der Waals surface area contributed by atoms with Crippen LogP contribution in [0.5, 0.6) is 5.88 Å². The number of nitrogens with one attached hydrogen (secondary N) is 2. The smallest absolute Gasteiger partial charge is 0.270 e. The molecule has 0 atom stereocenters. The van der Waals surface area contributed by atoms with E-state index in [2.05, 4.69) is 10.3 Å². The van der Waals surface area contributed by atoms with Gasteiger partial charge >= 0.3 is 0 Å². The van der Waals surface area contributed by atoms with Crippen molar-refractivity contribution in [2.45, 2.75) is 6.54 Å². The molecule has 0 fully saturated rings. The highest BCUT2D eigenvalue weighted by molar-refractivity contribution is 6.22. The summed E-state index contributed by atoms with van der Waals surface area (Å²) < 4.78 is 0. The van der Waals surface area contributed by atoms with E-state index in [-0.39, 0.29) is 36.4 Å². The number of aliphatic imine (C=N–C) groups is 1. The van der Waals surface area contributed by atoms with Crippen LogP contribution < -0.4 is 11.1 Å². The number of aromatic hydroxyl groups is 1. The molecule has 1 aromatic heterocycles. The molecule has 4 aromatic rings. The molecule has 0 unspecified atom stereocenters. The first-order chi connectivity index (χ1) is 16.0. The van der Waals surface area contributed by atoms with Gasteiger partial charge in [0.2, 0.25) is 5.91 Å². The molecule has 0 aliphatic rings. The number of nitro benzene ring substituents is 1. The van der Waals surface area contributed by atoms with Crippen molar-refractivity contribution in [3.8, 4) is 5.88 Å². The van der Waals surface area contributed by atoms with Gasteiger partial charge in [-0.15, -0.1) is 12.4 Å². The predicted octanol–water partition coefficient (Wildman–Crippen LogP) is 3.95. The van der Waals surface area contributed by atoms with Crippen molar-refractivity contribution in [3.63, 3.8) is 0 Å². The van der Waals surface area contributed by atoms with Crippen LogP contribution in [0, 0.1) is 10.1 Å². The van der Waals surface area contributed by atoms with E-state index in [0.717, 1.165) is 11.1 Å². The fourth-order valence-corrected chi connectivity index (χ4v) is 3.52. The summed E-state index contributed by atoms with van der Waals surface area (Å²) in [6.07, 6.45) is 0. The zero-order chi connectivity index (χ0) is 23.4. The number of halogens is 1. The zero-order valence-electron chi connectivity index (χ0n) is 17.9. The van der Waals surface area contributed by atoms with Gasteiger partial charge in [0.25, 0.3) is 5.69 Å². The van der Waals surface area contributed by atoms with E-state index in [4.69, 9.17) is 10.7 Å². The fourth-order valence-electron chi connectivity index (χ4n) is 3.52. The molecule has 0 bridgehead atoms. The first-order valence-corrected chi connectivity index (χ1v) is 10.2. The minimum absolute atomic E-state index is 0. The minimum atomic E-state index is -0.480. The van der Waals surface area contributed by atoms with Gasteiger partial charge in [-0.05, 0) is 23.8 Å². The van der Waals surface area contributed by atoms with Crippen LogP contribution in [0.15, 0.2) is 77.8 Å². The van der Waals surface area contributed by atoms with Crippen LogP contribution in [-0.2, 0) is 11.3 Å². The van der Waals surface area contributed by atoms with E-state index < -0.39 is 4.92 Å². The molecular weight excluding hydrogens is 458 g/mol. The van der Waals surface area contributed by atoms with Crippen molar-refractivity contribution >= 4 is 46.3 Å². The maximum Gasteiger partial charge on any atom is 0.270 e. The summed E-state index contributed by atoms with van der Waals surface area (Å²) in [5.41, 5.74) is 8.75.